The number of imide groups is 1. The van der Waals surface area contributed by atoms with E-state index in [0.29, 0.717) is 18.1 Å². The van der Waals surface area contributed by atoms with Crippen LogP contribution in [0.4, 0.5) is 4.79 Å². The number of carbonyl (C=O) groups excluding carboxylic acids is 3. The number of benzene rings is 1. The summed E-state index contributed by atoms with van der Waals surface area (Å²) in [5.41, 5.74) is 1.28. The van der Waals surface area contributed by atoms with Crippen LogP contribution in [0, 0.1) is 5.92 Å². The molecule has 0 bridgehead atoms. The summed E-state index contributed by atoms with van der Waals surface area (Å²) in [5.74, 6) is -0.884. The Morgan fingerprint density at radius 3 is 2.43 bits per heavy atom. The zero-order valence-electron chi connectivity index (χ0n) is 16.8. The van der Waals surface area contributed by atoms with Gasteiger partial charge in [-0.05, 0) is 50.3 Å². The molecule has 1 aromatic carbocycles. The van der Waals surface area contributed by atoms with Gasteiger partial charge in [0.2, 0.25) is 0 Å². The summed E-state index contributed by atoms with van der Waals surface area (Å²) < 4.78 is 10.5. The zero-order chi connectivity index (χ0) is 20.5. The van der Waals surface area contributed by atoms with Crippen LogP contribution in [0.25, 0.3) is 0 Å². The van der Waals surface area contributed by atoms with Crippen molar-refractivity contribution in [2.45, 2.75) is 65.2 Å². The van der Waals surface area contributed by atoms with Gasteiger partial charge in [0, 0.05) is 6.04 Å². The van der Waals surface area contributed by atoms with Gasteiger partial charge >= 0.3 is 12.0 Å². The standard InChI is InChI=1S/C21H30N2O5/c1-14(2)27-12-16-8-10-17(11-9-16)20(25)28-13-19(24)23-21(26)22-18-7-5-4-6-15(18)3/h8-11,14-15,18H,4-7,12-13H2,1-3H3,(H2,22,23,24,26)/t15-,18+/m1/s1. The van der Waals surface area contributed by atoms with Crippen molar-refractivity contribution >= 4 is 17.9 Å². The minimum Gasteiger partial charge on any atom is -0.452 e. The molecule has 0 aliphatic heterocycles. The molecule has 0 aromatic heterocycles. The van der Waals surface area contributed by atoms with Gasteiger partial charge in [0.15, 0.2) is 6.61 Å². The summed E-state index contributed by atoms with van der Waals surface area (Å²) in [5, 5.41) is 5.03. The van der Waals surface area contributed by atoms with Gasteiger partial charge < -0.3 is 14.8 Å². The molecule has 7 nitrogen and oxygen atoms in total. The monoisotopic (exact) mass is 390 g/mol. The summed E-state index contributed by atoms with van der Waals surface area (Å²) in [7, 11) is 0. The van der Waals surface area contributed by atoms with Crippen molar-refractivity contribution < 1.29 is 23.9 Å². The van der Waals surface area contributed by atoms with Crippen molar-refractivity contribution in [2.24, 2.45) is 5.92 Å². The summed E-state index contributed by atoms with van der Waals surface area (Å²) in [6.45, 7) is 5.95. The van der Waals surface area contributed by atoms with E-state index in [1.54, 1.807) is 24.3 Å². The van der Waals surface area contributed by atoms with Crippen LogP contribution in [-0.2, 0) is 20.9 Å². The fourth-order valence-corrected chi connectivity index (χ4v) is 3.11. The maximum atomic E-state index is 12.0. The number of hydrogen-bond acceptors (Lipinski definition) is 5. The normalized spacial score (nSPS) is 19.1. The summed E-state index contributed by atoms with van der Waals surface area (Å²) >= 11 is 0. The lowest BCUT2D eigenvalue weighted by Gasteiger charge is -2.29. The Morgan fingerprint density at radius 1 is 1.11 bits per heavy atom. The molecule has 28 heavy (non-hydrogen) atoms. The number of esters is 1. The van der Waals surface area contributed by atoms with E-state index in [-0.39, 0.29) is 12.1 Å². The molecule has 0 unspecified atom stereocenters. The van der Waals surface area contributed by atoms with Gasteiger partial charge in [0.1, 0.15) is 0 Å². The molecule has 1 aliphatic carbocycles. The molecule has 2 atom stereocenters. The Balaban J connectivity index is 1.72. The second-order valence-corrected chi connectivity index (χ2v) is 7.52. The average molecular weight is 390 g/mol. The van der Waals surface area contributed by atoms with Crippen molar-refractivity contribution in [1.82, 2.24) is 10.6 Å². The van der Waals surface area contributed by atoms with Gasteiger partial charge in [-0.2, -0.15) is 0 Å². The Labute approximate surface area is 166 Å². The predicted octanol–water partition coefficient (Wildman–Crippen LogP) is 3.17. The molecule has 7 heteroatoms. The zero-order valence-corrected chi connectivity index (χ0v) is 16.8. The molecule has 2 rings (SSSR count). The molecule has 0 spiro atoms. The van der Waals surface area contributed by atoms with Gasteiger partial charge in [-0.15, -0.1) is 0 Å². The van der Waals surface area contributed by atoms with E-state index in [9.17, 15) is 14.4 Å². The second-order valence-electron chi connectivity index (χ2n) is 7.52. The fraction of sp³-hybridized carbons (Fsp3) is 0.571. The molecule has 1 fully saturated rings. The summed E-state index contributed by atoms with van der Waals surface area (Å²) in [6, 6.07) is 6.32. The number of hydrogen-bond donors (Lipinski definition) is 2. The highest BCUT2D eigenvalue weighted by molar-refractivity contribution is 5.97. The van der Waals surface area contributed by atoms with Crippen molar-refractivity contribution in [2.75, 3.05) is 6.61 Å². The van der Waals surface area contributed by atoms with E-state index < -0.39 is 24.5 Å². The topological polar surface area (TPSA) is 93.7 Å². The Hall–Kier alpha value is -2.41. The van der Waals surface area contributed by atoms with Crippen molar-refractivity contribution in [1.29, 1.82) is 0 Å². The highest BCUT2D eigenvalue weighted by Crippen LogP contribution is 2.23. The molecule has 2 N–H and O–H groups in total. The maximum absolute atomic E-state index is 12.0. The maximum Gasteiger partial charge on any atom is 0.338 e. The molecular formula is C21H30N2O5. The third-order valence-corrected chi connectivity index (χ3v) is 4.79. The lowest BCUT2D eigenvalue weighted by atomic mass is 9.86. The molecular weight excluding hydrogens is 360 g/mol. The van der Waals surface area contributed by atoms with Gasteiger partial charge in [0.25, 0.3) is 5.91 Å². The van der Waals surface area contributed by atoms with Crippen molar-refractivity contribution in [3.8, 4) is 0 Å². The number of amides is 3. The minimum absolute atomic E-state index is 0.0716. The van der Waals surface area contributed by atoms with Gasteiger partial charge in [-0.1, -0.05) is 31.9 Å². The van der Waals surface area contributed by atoms with Crippen molar-refractivity contribution in [3.63, 3.8) is 0 Å². The molecule has 1 saturated carbocycles. The number of nitrogens with one attached hydrogen (secondary N) is 2. The average Bonchev–Trinajstić information content (AvgIpc) is 2.66. The van der Waals surface area contributed by atoms with Crippen LogP contribution >= 0.6 is 0 Å². The van der Waals surface area contributed by atoms with E-state index in [4.69, 9.17) is 9.47 Å². The smallest absolute Gasteiger partial charge is 0.338 e. The van der Waals surface area contributed by atoms with E-state index in [1.165, 1.54) is 6.42 Å². The molecule has 0 heterocycles. The number of ether oxygens (including phenoxy) is 2. The van der Waals surface area contributed by atoms with Crippen LogP contribution in [0.3, 0.4) is 0 Å². The first kappa shape index (κ1) is 21.9. The van der Waals surface area contributed by atoms with Crippen LogP contribution in [0.15, 0.2) is 24.3 Å². The summed E-state index contributed by atoms with van der Waals surface area (Å²) in [4.78, 5) is 35.8. The third kappa shape index (κ3) is 7.31. The molecule has 154 valence electrons. The second kappa shape index (κ2) is 10.8. The van der Waals surface area contributed by atoms with E-state index in [2.05, 4.69) is 17.6 Å². The third-order valence-electron chi connectivity index (χ3n) is 4.79. The van der Waals surface area contributed by atoms with Crippen LogP contribution in [0.1, 0.15) is 62.4 Å². The van der Waals surface area contributed by atoms with Gasteiger partial charge in [-0.25, -0.2) is 9.59 Å². The lowest BCUT2D eigenvalue weighted by molar-refractivity contribution is -0.123. The number of urea groups is 1. The Morgan fingerprint density at radius 2 is 1.79 bits per heavy atom. The van der Waals surface area contributed by atoms with E-state index in [1.807, 2.05) is 13.8 Å². The molecule has 3 amide bonds. The first-order valence-electron chi connectivity index (χ1n) is 9.83. The van der Waals surface area contributed by atoms with E-state index >= 15 is 0 Å². The van der Waals surface area contributed by atoms with Crippen LogP contribution in [0.5, 0.6) is 0 Å². The van der Waals surface area contributed by atoms with Crippen molar-refractivity contribution in [3.05, 3.63) is 35.4 Å². The summed E-state index contributed by atoms with van der Waals surface area (Å²) in [6.07, 6.45) is 4.35. The largest absolute Gasteiger partial charge is 0.452 e. The molecule has 1 aromatic rings. The predicted molar refractivity (Wildman–Crippen MR) is 105 cm³/mol. The highest BCUT2D eigenvalue weighted by Gasteiger charge is 2.23. The Bertz CT molecular complexity index is 672. The molecule has 1 aliphatic rings. The quantitative estimate of drug-likeness (QED) is 0.698. The van der Waals surface area contributed by atoms with Gasteiger partial charge in [0.05, 0.1) is 18.3 Å². The highest BCUT2D eigenvalue weighted by atomic mass is 16.5. The number of rotatable bonds is 7. The molecule has 0 radical (unpaired) electrons. The first-order chi connectivity index (χ1) is 13.3. The Kier molecular flexibility index (Phi) is 8.44. The van der Waals surface area contributed by atoms with Crippen LogP contribution in [-0.4, -0.2) is 36.7 Å². The SMILES string of the molecule is CC(C)OCc1ccc(C(=O)OCC(=O)NC(=O)N[C@H]2CCCC[C@H]2C)cc1. The first-order valence-corrected chi connectivity index (χ1v) is 9.83. The number of carbonyl (C=O) groups is 3. The minimum atomic E-state index is -0.656. The molecule has 0 saturated heterocycles. The lowest BCUT2D eigenvalue weighted by Crippen LogP contribution is -2.48. The van der Waals surface area contributed by atoms with Gasteiger partial charge in [-0.3, -0.25) is 10.1 Å². The van der Waals surface area contributed by atoms with Crippen LogP contribution in [0.2, 0.25) is 0 Å². The van der Waals surface area contributed by atoms with E-state index in [0.717, 1.165) is 24.8 Å². The van der Waals surface area contributed by atoms with Crippen LogP contribution < -0.4 is 10.6 Å². The fourth-order valence-electron chi connectivity index (χ4n) is 3.11.